The van der Waals surface area contributed by atoms with Gasteiger partial charge in [-0.3, -0.25) is 4.99 Å². The minimum Gasteiger partial charge on any atom is -0.355 e. The van der Waals surface area contributed by atoms with Gasteiger partial charge in [-0.15, -0.1) is 0 Å². The van der Waals surface area contributed by atoms with E-state index in [2.05, 4.69) is 19.1 Å². The molecule has 0 N–H and O–H groups in total. The molecule has 110 valence electrons. The van der Waals surface area contributed by atoms with Gasteiger partial charge in [-0.25, -0.2) is 4.98 Å². The monoisotopic (exact) mass is 327 g/mol. The van der Waals surface area contributed by atoms with E-state index in [-0.39, 0.29) is 23.7 Å². The fourth-order valence-electron chi connectivity index (χ4n) is 1.44. The Morgan fingerprint density at radius 2 is 2.05 bits per heavy atom. The first-order valence-electron chi connectivity index (χ1n) is 5.17. The van der Waals surface area contributed by atoms with Crippen molar-refractivity contribution in [3.63, 3.8) is 0 Å². The van der Waals surface area contributed by atoms with Crippen LogP contribution < -0.4 is 4.18 Å². The van der Waals surface area contributed by atoms with Gasteiger partial charge >= 0.3 is 15.6 Å². The Hall–Kier alpha value is -1.36. The second-order valence-corrected chi connectivity index (χ2v) is 5.96. The molecule has 1 aliphatic heterocycles. The Balaban J connectivity index is 2.47. The highest BCUT2D eigenvalue weighted by Gasteiger charge is 2.49. The molecule has 0 saturated heterocycles. The summed E-state index contributed by atoms with van der Waals surface area (Å²) in [6.07, 6.45) is 3.17. The molecule has 0 radical (unpaired) electrons. The maximum absolute atomic E-state index is 12.3. The van der Waals surface area contributed by atoms with Crippen molar-refractivity contribution < 1.29 is 25.8 Å². The molecule has 1 aromatic heterocycles. The van der Waals surface area contributed by atoms with Gasteiger partial charge in [-0.05, 0) is 6.26 Å². The zero-order chi connectivity index (χ0) is 15.0. The SMILES string of the molecule is CSc1nc2c(c(OS(=O)(=O)C(F)(F)F)n1)CC=NC2. The van der Waals surface area contributed by atoms with Crippen LogP contribution in [0.3, 0.4) is 0 Å². The maximum atomic E-state index is 12.3. The number of aromatic nitrogens is 2. The number of hydrogen-bond acceptors (Lipinski definition) is 7. The van der Waals surface area contributed by atoms with E-state index >= 15 is 0 Å². The van der Waals surface area contributed by atoms with E-state index in [1.807, 2.05) is 0 Å². The predicted molar refractivity (Wildman–Crippen MR) is 65.3 cm³/mol. The van der Waals surface area contributed by atoms with E-state index in [4.69, 9.17) is 0 Å². The lowest BCUT2D eigenvalue weighted by Gasteiger charge is -2.15. The van der Waals surface area contributed by atoms with Gasteiger partial charge in [0.1, 0.15) is 0 Å². The van der Waals surface area contributed by atoms with Crippen LogP contribution in [-0.4, -0.2) is 36.4 Å². The molecule has 0 bridgehead atoms. The summed E-state index contributed by atoms with van der Waals surface area (Å²) < 4.78 is 63.3. The Labute approximate surface area is 116 Å². The standard InChI is InChI=1S/C9H8F3N3O3S2/c1-19-8-14-6-4-13-3-2-5(6)7(15-8)18-20(16,17)9(10,11)12/h3H,2,4H2,1H3. The number of fused-ring (bicyclic) bond motifs is 1. The molecule has 2 rings (SSSR count). The first kappa shape index (κ1) is 15.0. The molecule has 0 spiro atoms. The van der Waals surface area contributed by atoms with Crippen molar-refractivity contribution in [3.05, 3.63) is 11.3 Å². The highest BCUT2D eigenvalue weighted by Crippen LogP contribution is 2.31. The van der Waals surface area contributed by atoms with E-state index in [9.17, 15) is 21.6 Å². The van der Waals surface area contributed by atoms with Gasteiger partial charge in [0, 0.05) is 18.2 Å². The van der Waals surface area contributed by atoms with Crippen molar-refractivity contribution in [2.24, 2.45) is 4.99 Å². The summed E-state index contributed by atoms with van der Waals surface area (Å²) in [7, 11) is -5.75. The van der Waals surface area contributed by atoms with E-state index in [1.165, 1.54) is 6.21 Å². The van der Waals surface area contributed by atoms with Gasteiger partial charge in [0.05, 0.1) is 12.2 Å². The van der Waals surface area contributed by atoms with Gasteiger partial charge in [0.15, 0.2) is 5.16 Å². The Morgan fingerprint density at radius 1 is 1.35 bits per heavy atom. The molecule has 0 amide bonds. The van der Waals surface area contributed by atoms with Crippen LogP contribution in [0.5, 0.6) is 5.88 Å². The highest BCUT2D eigenvalue weighted by atomic mass is 32.2. The lowest BCUT2D eigenvalue weighted by atomic mass is 10.1. The van der Waals surface area contributed by atoms with Crippen LogP contribution in [0.25, 0.3) is 0 Å². The lowest BCUT2D eigenvalue weighted by molar-refractivity contribution is -0.0501. The third kappa shape index (κ3) is 2.87. The van der Waals surface area contributed by atoms with Crippen LogP contribution in [0, 0.1) is 0 Å². The fourth-order valence-corrected chi connectivity index (χ4v) is 2.26. The van der Waals surface area contributed by atoms with Crippen LogP contribution >= 0.6 is 11.8 Å². The first-order chi connectivity index (χ1) is 9.24. The molecule has 6 nitrogen and oxygen atoms in total. The average molecular weight is 327 g/mol. The molecule has 20 heavy (non-hydrogen) atoms. The van der Waals surface area contributed by atoms with Gasteiger partial charge in [-0.1, -0.05) is 11.8 Å². The molecule has 0 aromatic carbocycles. The molecule has 0 saturated carbocycles. The fraction of sp³-hybridized carbons (Fsp3) is 0.444. The number of hydrogen-bond donors (Lipinski definition) is 0. The third-order valence-corrected chi connectivity index (χ3v) is 3.85. The Bertz CT molecular complexity index is 658. The Kier molecular flexibility index (Phi) is 3.91. The summed E-state index contributed by atoms with van der Waals surface area (Å²) in [5.41, 5.74) is -4.95. The van der Waals surface area contributed by atoms with Gasteiger partial charge in [-0.2, -0.15) is 26.6 Å². The molecule has 2 heterocycles. The van der Waals surface area contributed by atoms with Crippen molar-refractivity contribution in [2.75, 3.05) is 6.26 Å². The van der Waals surface area contributed by atoms with Gasteiger partial charge in [0.25, 0.3) is 0 Å². The summed E-state index contributed by atoms with van der Waals surface area (Å²) >= 11 is 1.06. The molecule has 0 atom stereocenters. The van der Waals surface area contributed by atoms with Crippen LogP contribution in [0.1, 0.15) is 11.3 Å². The van der Waals surface area contributed by atoms with Crippen molar-refractivity contribution in [1.82, 2.24) is 9.97 Å². The average Bonchev–Trinajstić information content (AvgIpc) is 2.36. The maximum Gasteiger partial charge on any atom is 0.534 e. The number of rotatable bonds is 3. The summed E-state index contributed by atoms with van der Waals surface area (Å²) in [6.45, 7) is 0.147. The molecule has 0 fully saturated rings. The molecule has 1 aliphatic rings. The van der Waals surface area contributed by atoms with E-state index < -0.39 is 21.5 Å². The van der Waals surface area contributed by atoms with Crippen LogP contribution in [0.2, 0.25) is 0 Å². The minimum absolute atomic E-state index is 0.118. The van der Waals surface area contributed by atoms with Crippen LogP contribution in [0.15, 0.2) is 10.1 Å². The summed E-state index contributed by atoms with van der Waals surface area (Å²) in [5.74, 6) is -0.595. The third-order valence-electron chi connectivity index (χ3n) is 2.35. The van der Waals surface area contributed by atoms with Gasteiger partial charge in [0.2, 0.25) is 5.88 Å². The second-order valence-electron chi connectivity index (χ2n) is 3.65. The van der Waals surface area contributed by atoms with E-state index in [1.54, 1.807) is 6.26 Å². The lowest BCUT2D eigenvalue weighted by Crippen LogP contribution is -2.29. The molecule has 0 unspecified atom stereocenters. The van der Waals surface area contributed by atoms with Crippen molar-refractivity contribution >= 4 is 28.1 Å². The van der Waals surface area contributed by atoms with Gasteiger partial charge < -0.3 is 4.18 Å². The number of thioether (sulfide) groups is 1. The van der Waals surface area contributed by atoms with Crippen LogP contribution in [-0.2, 0) is 23.1 Å². The Morgan fingerprint density at radius 3 is 2.65 bits per heavy atom. The van der Waals surface area contributed by atoms with Crippen molar-refractivity contribution in [2.45, 2.75) is 23.6 Å². The smallest absolute Gasteiger partial charge is 0.355 e. The zero-order valence-electron chi connectivity index (χ0n) is 10.0. The first-order valence-corrected chi connectivity index (χ1v) is 7.80. The van der Waals surface area contributed by atoms with E-state index in [0.717, 1.165) is 11.8 Å². The largest absolute Gasteiger partial charge is 0.534 e. The summed E-state index contributed by atoms with van der Waals surface area (Å²) in [6, 6.07) is 0. The summed E-state index contributed by atoms with van der Waals surface area (Å²) in [4.78, 5) is 11.7. The normalized spacial score (nSPS) is 15.0. The quantitative estimate of drug-likeness (QED) is 0.363. The van der Waals surface area contributed by atoms with Crippen molar-refractivity contribution in [3.8, 4) is 5.88 Å². The van der Waals surface area contributed by atoms with Crippen molar-refractivity contribution in [1.29, 1.82) is 0 Å². The number of aliphatic imine (C=N–C) groups is 1. The number of nitrogens with zero attached hydrogens (tertiary/aromatic N) is 3. The van der Waals surface area contributed by atoms with Crippen LogP contribution in [0.4, 0.5) is 13.2 Å². The summed E-state index contributed by atoms with van der Waals surface area (Å²) in [5, 5.41) is 0.119. The zero-order valence-corrected chi connectivity index (χ0v) is 11.6. The second kappa shape index (κ2) is 5.20. The molecule has 0 aliphatic carbocycles. The minimum atomic E-state index is -5.75. The number of halogens is 3. The number of alkyl halides is 3. The molecule has 1 aromatic rings. The highest BCUT2D eigenvalue weighted by molar-refractivity contribution is 7.98. The predicted octanol–water partition coefficient (Wildman–Crippen LogP) is 1.55. The molecular weight excluding hydrogens is 319 g/mol. The topological polar surface area (TPSA) is 81.5 Å². The molecule has 11 heteroatoms. The van der Waals surface area contributed by atoms with E-state index in [0.29, 0.717) is 5.69 Å². The molecular formula is C9H8F3N3O3S2.